The Balaban J connectivity index is 2.02. The average Bonchev–Trinajstić information content (AvgIpc) is 2.47. The molecular formula is C18H18BrNO2. The lowest BCUT2D eigenvalue weighted by Gasteiger charge is -2.39. The Morgan fingerprint density at radius 3 is 2.50 bits per heavy atom. The van der Waals surface area contributed by atoms with E-state index in [0.717, 1.165) is 27.0 Å². The van der Waals surface area contributed by atoms with E-state index >= 15 is 0 Å². The first-order valence-electron chi connectivity index (χ1n) is 7.23. The van der Waals surface area contributed by atoms with Crippen molar-refractivity contribution in [3.63, 3.8) is 0 Å². The van der Waals surface area contributed by atoms with Crippen LogP contribution in [0.4, 0.5) is 5.69 Å². The summed E-state index contributed by atoms with van der Waals surface area (Å²) in [4.78, 5) is 14.6. The van der Waals surface area contributed by atoms with Gasteiger partial charge in [0, 0.05) is 4.47 Å². The molecule has 1 aliphatic rings. The summed E-state index contributed by atoms with van der Waals surface area (Å²) in [5, 5.41) is 0. The van der Waals surface area contributed by atoms with E-state index < -0.39 is 5.60 Å². The van der Waals surface area contributed by atoms with Crippen molar-refractivity contribution in [3.8, 4) is 5.75 Å². The number of amides is 1. The quantitative estimate of drug-likeness (QED) is 0.791. The number of hydrogen-bond donors (Lipinski definition) is 0. The predicted molar refractivity (Wildman–Crippen MR) is 91.2 cm³/mol. The molecule has 0 fully saturated rings. The second kappa shape index (κ2) is 5.43. The van der Waals surface area contributed by atoms with Gasteiger partial charge >= 0.3 is 0 Å². The molecule has 0 spiro atoms. The molecule has 4 heteroatoms. The number of hydrogen-bond acceptors (Lipinski definition) is 2. The van der Waals surface area contributed by atoms with Crippen molar-refractivity contribution in [3.05, 3.63) is 58.1 Å². The van der Waals surface area contributed by atoms with Gasteiger partial charge in [-0.15, -0.1) is 0 Å². The monoisotopic (exact) mass is 359 g/mol. The molecule has 0 saturated carbocycles. The van der Waals surface area contributed by atoms with E-state index in [-0.39, 0.29) is 5.91 Å². The number of benzene rings is 2. The van der Waals surface area contributed by atoms with E-state index in [1.165, 1.54) is 0 Å². The van der Waals surface area contributed by atoms with Gasteiger partial charge in [-0.25, -0.2) is 0 Å². The molecule has 3 rings (SSSR count). The lowest BCUT2D eigenvalue weighted by Crippen LogP contribution is -2.52. The predicted octanol–water partition coefficient (Wildman–Crippen LogP) is 4.46. The lowest BCUT2D eigenvalue weighted by molar-refractivity contribution is -0.132. The highest BCUT2D eigenvalue weighted by Crippen LogP contribution is 2.39. The van der Waals surface area contributed by atoms with Gasteiger partial charge in [-0.2, -0.15) is 0 Å². The molecule has 22 heavy (non-hydrogen) atoms. The van der Waals surface area contributed by atoms with Gasteiger partial charge in [0.15, 0.2) is 5.60 Å². The maximum absolute atomic E-state index is 12.8. The van der Waals surface area contributed by atoms with Crippen molar-refractivity contribution in [2.45, 2.75) is 32.9 Å². The highest BCUT2D eigenvalue weighted by Gasteiger charge is 2.40. The summed E-state index contributed by atoms with van der Waals surface area (Å²) in [6.45, 7) is 6.18. The number of rotatable bonds is 2. The second-order valence-electron chi connectivity index (χ2n) is 6.10. The molecule has 0 saturated heterocycles. The summed E-state index contributed by atoms with van der Waals surface area (Å²) in [6, 6.07) is 14.0. The van der Waals surface area contributed by atoms with Crippen LogP contribution in [0, 0.1) is 6.92 Å². The zero-order valence-corrected chi connectivity index (χ0v) is 14.5. The fraction of sp³-hybridized carbons (Fsp3) is 0.278. The fourth-order valence-corrected chi connectivity index (χ4v) is 2.87. The Bertz CT molecular complexity index is 722. The molecule has 0 aromatic heterocycles. The van der Waals surface area contributed by atoms with Gasteiger partial charge in [-0.05, 0) is 56.2 Å². The molecule has 1 aliphatic heterocycles. The minimum atomic E-state index is -0.850. The number of aryl methyl sites for hydroxylation is 1. The van der Waals surface area contributed by atoms with E-state index in [0.29, 0.717) is 6.54 Å². The van der Waals surface area contributed by atoms with Crippen LogP contribution in [0.2, 0.25) is 0 Å². The van der Waals surface area contributed by atoms with Crippen LogP contribution >= 0.6 is 15.9 Å². The van der Waals surface area contributed by atoms with Crippen LogP contribution in [0.3, 0.4) is 0 Å². The summed E-state index contributed by atoms with van der Waals surface area (Å²) >= 11 is 3.44. The molecule has 0 bridgehead atoms. The van der Waals surface area contributed by atoms with Gasteiger partial charge in [0.25, 0.3) is 5.91 Å². The molecule has 1 heterocycles. The minimum Gasteiger partial charge on any atom is -0.476 e. The lowest BCUT2D eigenvalue weighted by atomic mass is 10.0. The first kappa shape index (κ1) is 15.1. The standard InChI is InChI=1S/C18H18BrNO2/c1-12-4-9-16-15(10-12)20(17(21)18(2,3)22-16)11-13-5-7-14(19)8-6-13/h4-10H,11H2,1-3H3. The molecule has 1 amide bonds. The van der Waals surface area contributed by atoms with Crippen LogP contribution in [-0.4, -0.2) is 11.5 Å². The summed E-state index contributed by atoms with van der Waals surface area (Å²) in [6.07, 6.45) is 0. The molecule has 114 valence electrons. The molecule has 2 aromatic rings. The highest BCUT2D eigenvalue weighted by molar-refractivity contribution is 9.10. The highest BCUT2D eigenvalue weighted by atomic mass is 79.9. The number of halogens is 1. The Morgan fingerprint density at radius 1 is 1.14 bits per heavy atom. The third-order valence-electron chi connectivity index (χ3n) is 3.78. The molecule has 0 unspecified atom stereocenters. The van der Waals surface area contributed by atoms with E-state index in [1.54, 1.807) is 0 Å². The van der Waals surface area contributed by atoms with Crippen LogP contribution < -0.4 is 9.64 Å². The van der Waals surface area contributed by atoms with Crippen LogP contribution in [0.25, 0.3) is 0 Å². The molecule has 0 aliphatic carbocycles. The second-order valence-corrected chi connectivity index (χ2v) is 7.02. The number of anilines is 1. The summed E-state index contributed by atoms with van der Waals surface area (Å²) in [5.41, 5.74) is 2.18. The van der Waals surface area contributed by atoms with Crippen molar-refractivity contribution < 1.29 is 9.53 Å². The summed E-state index contributed by atoms with van der Waals surface area (Å²) in [5.74, 6) is 0.737. The van der Waals surface area contributed by atoms with Crippen molar-refractivity contribution in [2.24, 2.45) is 0 Å². The van der Waals surface area contributed by atoms with E-state index in [2.05, 4.69) is 15.9 Å². The fourth-order valence-electron chi connectivity index (χ4n) is 2.61. The van der Waals surface area contributed by atoms with Gasteiger partial charge in [0.2, 0.25) is 0 Å². The van der Waals surface area contributed by atoms with Crippen LogP contribution in [0.1, 0.15) is 25.0 Å². The first-order valence-corrected chi connectivity index (χ1v) is 8.02. The van der Waals surface area contributed by atoms with E-state index in [9.17, 15) is 4.79 Å². The average molecular weight is 360 g/mol. The van der Waals surface area contributed by atoms with Gasteiger partial charge in [-0.1, -0.05) is 34.1 Å². The number of nitrogens with zero attached hydrogens (tertiary/aromatic N) is 1. The maximum Gasteiger partial charge on any atom is 0.271 e. The number of fused-ring (bicyclic) bond motifs is 1. The molecule has 2 aromatic carbocycles. The Morgan fingerprint density at radius 2 is 1.82 bits per heavy atom. The zero-order chi connectivity index (χ0) is 15.9. The SMILES string of the molecule is Cc1ccc2c(c1)N(Cc1ccc(Br)cc1)C(=O)C(C)(C)O2. The Hall–Kier alpha value is -1.81. The smallest absolute Gasteiger partial charge is 0.271 e. The number of carbonyl (C=O) groups is 1. The van der Waals surface area contributed by atoms with E-state index in [4.69, 9.17) is 4.74 Å². The van der Waals surface area contributed by atoms with E-state index in [1.807, 2.05) is 68.1 Å². The summed E-state index contributed by atoms with van der Waals surface area (Å²) in [7, 11) is 0. The largest absolute Gasteiger partial charge is 0.476 e. The third kappa shape index (κ3) is 2.75. The molecule has 3 nitrogen and oxygen atoms in total. The minimum absolute atomic E-state index is 0.0199. The molecule has 0 atom stereocenters. The summed E-state index contributed by atoms with van der Waals surface area (Å²) < 4.78 is 6.90. The number of carbonyl (C=O) groups excluding carboxylic acids is 1. The van der Waals surface area contributed by atoms with Crippen molar-refractivity contribution in [2.75, 3.05) is 4.90 Å². The van der Waals surface area contributed by atoms with Crippen LogP contribution in [0.5, 0.6) is 5.75 Å². The third-order valence-corrected chi connectivity index (χ3v) is 4.31. The van der Waals surface area contributed by atoms with Crippen LogP contribution in [-0.2, 0) is 11.3 Å². The Labute approximate surface area is 139 Å². The normalized spacial score (nSPS) is 16.2. The first-order chi connectivity index (χ1) is 10.4. The van der Waals surface area contributed by atoms with Gasteiger partial charge < -0.3 is 9.64 Å². The topological polar surface area (TPSA) is 29.5 Å². The van der Waals surface area contributed by atoms with Gasteiger partial charge in [0.05, 0.1) is 12.2 Å². The number of ether oxygens (including phenoxy) is 1. The van der Waals surface area contributed by atoms with Crippen molar-refractivity contribution >= 4 is 27.5 Å². The van der Waals surface area contributed by atoms with Gasteiger partial charge in [-0.3, -0.25) is 4.79 Å². The van der Waals surface area contributed by atoms with Crippen molar-refractivity contribution in [1.29, 1.82) is 0 Å². The van der Waals surface area contributed by atoms with Crippen molar-refractivity contribution in [1.82, 2.24) is 0 Å². The molecular weight excluding hydrogens is 342 g/mol. The van der Waals surface area contributed by atoms with Crippen LogP contribution in [0.15, 0.2) is 46.9 Å². The maximum atomic E-state index is 12.8. The van der Waals surface area contributed by atoms with Gasteiger partial charge in [0.1, 0.15) is 5.75 Å². The molecule has 0 N–H and O–H groups in total. The molecule has 0 radical (unpaired) electrons. The zero-order valence-electron chi connectivity index (χ0n) is 12.9. The Kier molecular flexibility index (Phi) is 3.73.